The maximum atomic E-state index is 11.9. The van der Waals surface area contributed by atoms with Gasteiger partial charge in [0, 0.05) is 23.9 Å². The summed E-state index contributed by atoms with van der Waals surface area (Å²) in [4.78, 5) is 11.9. The van der Waals surface area contributed by atoms with E-state index < -0.39 is 0 Å². The fourth-order valence-corrected chi connectivity index (χ4v) is 2.00. The Labute approximate surface area is 105 Å². The van der Waals surface area contributed by atoms with Gasteiger partial charge in [-0.05, 0) is 31.0 Å². The second kappa shape index (κ2) is 5.38. The summed E-state index contributed by atoms with van der Waals surface area (Å²) < 4.78 is 5.42. The van der Waals surface area contributed by atoms with Crippen molar-refractivity contribution in [1.29, 1.82) is 0 Å². The highest BCUT2D eigenvalue weighted by Crippen LogP contribution is 2.18. The molecule has 1 aromatic rings. The average Bonchev–Trinajstić information content (AvgIpc) is 2.82. The van der Waals surface area contributed by atoms with Crippen LogP contribution in [0.1, 0.15) is 23.2 Å². The SMILES string of the molecule is Nc1ccc(Cl)cc1C(=O)NC[C@@H]1CCCO1. The molecule has 5 heteroatoms. The van der Waals surface area contributed by atoms with E-state index in [1.165, 1.54) is 0 Å². The predicted molar refractivity (Wildman–Crippen MR) is 67.2 cm³/mol. The molecule has 0 bridgehead atoms. The van der Waals surface area contributed by atoms with Crippen molar-refractivity contribution in [3.8, 4) is 0 Å². The molecule has 0 aliphatic carbocycles. The lowest BCUT2D eigenvalue weighted by molar-refractivity contribution is 0.0858. The quantitative estimate of drug-likeness (QED) is 0.809. The van der Waals surface area contributed by atoms with Gasteiger partial charge in [-0.1, -0.05) is 11.6 Å². The lowest BCUT2D eigenvalue weighted by atomic mass is 10.1. The molecule has 0 unspecified atom stereocenters. The van der Waals surface area contributed by atoms with Crippen molar-refractivity contribution in [3.05, 3.63) is 28.8 Å². The average molecular weight is 255 g/mol. The maximum absolute atomic E-state index is 11.9. The van der Waals surface area contributed by atoms with E-state index in [1.807, 2.05) is 0 Å². The van der Waals surface area contributed by atoms with E-state index in [0.717, 1.165) is 19.4 Å². The molecule has 0 radical (unpaired) electrons. The van der Waals surface area contributed by atoms with Crippen LogP contribution in [0.5, 0.6) is 0 Å². The van der Waals surface area contributed by atoms with Gasteiger partial charge in [0.15, 0.2) is 0 Å². The lowest BCUT2D eigenvalue weighted by Crippen LogP contribution is -2.32. The molecule has 1 saturated heterocycles. The van der Waals surface area contributed by atoms with Crippen LogP contribution in [0.3, 0.4) is 0 Å². The molecule has 17 heavy (non-hydrogen) atoms. The molecule has 1 aliphatic rings. The minimum Gasteiger partial charge on any atom is -0.398 e. The summed E-state index contributed by atoms with van der Waals surface area (Å²) in [5.74, 6) is -0.208. The van der Waals surface area contributed by atoms with E-state index in [4.69, 9.17) is 22.1 Å². The van der Waals surface area contributed by atoms with Crippen LogP contribution in [0, 0.1) is 0 Å². The van der Waals surface area contributed by atoms with Gasteiger partial charge in [0.05, 0.1) is 11.7 Å². The maximum Gasteiger partial charge on any atom is 0.253 e. The molecule has 1 aliphatic heterocycles. The molecule has 0 saturated carbocycles. The van der Waals surface area contributed by atoms with Gasteiger partial charge in [-0.25, -0.2) is 0 Å². The number of hydrogen-bond donors (Lipinski definition) is 2. The van der Waals surface area contributed by atoms with Gasteiger partial charge in [-0.15, -0.1) is 0 Å². The molecule has 2 rings (SSSR count). The highest BCUT2D eigenvalue weighted by Gasteiger charge is 2.17. The Morgan fingerprint density at radius 3 is 3.12 bits per heavy atom. The molecule has 1 heterocycles. The predicted octanol–water partition coefficient (Wildman–Crippen LogP) is 1.83. The normalized spacial score (nSPS) is 19.2. The third-order valence-corrected chi connectivity index (χ3v) is 3.01. The van der Waals surface area contributed by atoms with E-state index in [0.29, 0.717) is 22.8 Å². The summed E-state index contributed by atoms with van der Waals surface area (Å²) in [5, 5.41) is 3.31. The van der Waals surface area contributed by atoms with E-state index in [1.54, 1.807) is 18.2 Å². The van der Waals surface area contributed by atoms with Gasteiger partial charge in [0.25, 0.3) is 5.91 Å². The fourth-order valence-electron chi connectivity index (χ4n) is 1.83. The van der Waals surface area contributed by atoms with Crippen molar-refractivity contribution in [3.63, 3.8) is 0 Å². The highest BCUT2D eigenvalue weighted by atomic mass is 35.5. The monoisotopic (exact) mass is 254 g/mol. The molecular weight excluding hydrogens is 240 g/mol. The number of amides is 1. The number of nitrogens with one attached hydrogen (secondary N) is 1. The van der Waals surface area contributed by atoms with Crippen molar-refractivity contribution in [2.75, 3.05) is 18.9 Å². The number of carbonyl (C=O) groups excluding carboxylic acids is 1. The Morgan fingerprint density at radius 1 is 1.59 bits per heavy atom. The van der Waals surface area contributed by atoms with Crippen LogP contribution in [-0.4, -0.2) is 25.2 Å². The summed E-state index contributed by atoms with van der Waals surface area (Å²) >= 11 is 5.83. The largest absolute Gasteiger partial charge is 0.398 e. The zero-order valence-electron chi connectivity index (χ0n) is 9.41. The number of rotatable bonds is 3. The van der Waals surface area contributed by atoms with Crippen molar-refractivity contribution in [1.82, 2.24) is 5.32 Å². The Hall–Kier alpha value is -1.26. The number of nitrogens with two attached hydrogens (primary N) is 1. The number of ether oxygens (including phenoxy) is 1. The van der Waals surface area contributed by atoms with E-state index in [-0.39, 0.29) is 12.0 Å². The third-order valence-electron chi connectivity index (χ3n) is 2.77. The molecule has 0 aromatic heterocycles. The first-order valence-corrected chi connectivity index (χ1v) is 5.99. The van der Waals surface area contributed by atoms with Crippen molar-refractivity contribution in [2.24, 2.45) is 0 Å². The van der Waals surface area contributed by atoms with Gasteiger partial charge in [-0.3, -0.25) is 4.79 Å². The number of anilines is 1. The van der Waals surface area contributed by atoms with Crippen LogP contribution < -0.4 is 11.1 Å². The van der Waals surface area contributed by atoms with E-state index in [9.17, 15) is 4.79 Å². The summed E-state index contributed by atoms with van der Waals surface area (Å²) in [6, 6.07) is 4.86. The second-order valence-corrected chi connectivity index (χ2v) is 4.51. The van der Waals surface area contributed by atoms with Crippen molar-refractivity contribution < 1.29 is 9.53 Å². The molecule has 1 fully saturated rings. The lowest BCUT2D eigenvalue weighted by Gasteiger charge is -2.11. The number of nitrogen functional groups attached to an aromatic ring is 1. The van der Waals surface area contributed by atoms with Crippen LogP contribution in [-0.2, 0) is 4.74 Å². The molecule has 92 valence electrons. The van der Waals surface area contributed by atoms with Crippen LogP contribution in [0.4, 0.5) is 5.69 Å². The van der Waals surface area contributed by atoms with Gasteiger partial charge in [0.2, 0.25) is 0 Å². The first kappa shape index (κ1) is 12.2. The van der Waals surface area contributed by atoms with Crippen LogP contribution in [0.15, 0.2) is 18.2 Å². The Morgan fingerprint density at radius 2 is 2.41 bits per heavy atom. The topological polar surface area (TPSA) is 64.4 Å². The van der Waals surface area contributed by atoms with Gasteiger partial charge < -0.3 is 15.8 Å². The number of benzene rings is 1. The fraction of sp³-hybridized carbons (Fsp3) is 0.417. The van der Waals surface area contributed by atoms with Gasteiger partial charge in [0.1, 0.15) is 0 Å². The van der Waals surface area contributed by atoms with Gasteiger partial charge in [-0.2, -0.15) is 0 Å². The standard InChI is InChI=1S/C12H15ClN2O2/c13-8-3-4-11(14)10(6-8)12(16)15-7-9-2-1-5-17-9/h3-4,6,9H,1-2,5,7,14H2,(H,15,16)/t9-/m0/s1. The second-order valence-electron chi connectivity index (χ2n) is 4.08. The van der Waals surface area contributed by atoms with Gasteiger partial charge >= 0.3 is 0 Å². The minimum atomic E-state index is -0.208. The molecule has 4 nitrogen and oxygen atoms in total. The van der Waals surface area contributed by atoms with E-state index >= 15 is 0 Å². The number of carbonyl (C=O) groups is 1. The molecule has 1 aromatic carbocycles. The minimum absolute atomic E-state index is 0.124. The Bertz CT molecular complexity index is 417. The van der Waals surface area contributed by atoms with Crippen LogP contribution in [0.25, 0.3) is 0 Å². The molecular formula is C12H15ClN2O2. The number of halogens is 1. The zero-order valence-corrected chi connectivity index (χ0v) is 10.2. The van der Waals surface area contributed by atoms with Crippen LogP contribution >= 0.6 is 11.6 Å². The first-order valence-electron chi connectivity index (χ1n) is 5.61. The molecule has 1 atom stereocenters. The summed E-state index contributed by atoms with van der Waals surface area (Å²) in [5.41, 5.74) is 6.57. The zero-order chi connectivity index (χ0) is 12.3. The van der Waals surface area contributed by atoms with Crippen molar-refractivity contribution >= 4 is 23.2 Å². The highest BCUT2D eigenvalue weighted by molar-refractivity contribution is 6.31. The summed E-state index contributed by atoms with van der Waals surface area (Å²) in [6.45, 7) is 1.30. The Kier molecular flexibility index (Phi) is 3.86. The number of hydrogen-bond acceptors (Lipinski definition) is 3. The molecule has 3 N–H and O–H groups in total. The summed E-state index contributed by atoms with van der Waals surface area (Å²) in [7, 11) is 0. The first-order chi connectivity index (χ1) is 8.16. The molecule has 1 amide bonds. The van der Waals surface area contributed by atoms with Crippen molar-refractivity contribution in [2.45, 2.75) is 18.9 Å². The van der Waals surface area contributed by atoms with E-state index in [2.05, 4.69) is 5.32 Å². The Balaban J connectivity index is 1.96. The molecule has 0 spiro atoms. The third kappa shape index (κ3) is 3.11. The smallest absolute Gasteiger partial charge is 0.253 e. The summed E-state index contributed by atoms with van der Waals surface area (Å²) in [6.07, 6.45) is 2.17. The van der Waals surface area contributed by atoms with Crippen LogP contribution in [0.2, 0.25) is 5.02 Å².